The lowest BCUT2D eigenvalue weighted by atomic mass is 9.84. The zero-order valence-electron chi connectivity index (χ0n) is 20.5. The predicted octanol–water partition coefficient (Wildman–Crippen LogP) is 4.32. The van der Waals surface area contributed by atoms with Gasteiger partial charge in [0.1, 0.15) is 6.07 Å². The van der Waals surface area contributed by atoms with Crippen LogP contribution in [-0.4, -0.2) is 42.9 Å². The van der Waals surface area contributed by atoms with Crippen LogP contribution in [0.25, 0.3) is 28.2 Å². The van der Waals surface area contributed by atoms with Gasteiger partial charge in [0.15, 0.2) is 17.2 Å². The number of rotatable bonds is 6. The second-order valence-corrected chi connectivity index (χ2v) is 9.56. The van der Waals surface area contributed by atoms with Gasteiger partial charge in [0.05, 0.1) is 28.7 Å². The number of anilines is 1. The van der Waals surface area contributed by atoms with E-state index in [2.05, 4.69) is 50.8 Å². The van der Waals surface area contributed by atoms with E-state index in [-0.39, 0.29) is 18.0 Å². The minimum atomic E-state index is 0.0223. The van der Waals surface area contributed by atoms with Crippen LogP contribution in [0.5, 0.6) is 0 Å². The van der Waals surface area contributed by atoms with E-state index in [1.54, 1.807) is 30.1 Å². The molecule has 4 heterocycles. The molecule has 0 spiro atoms. The first-order chi connectivity index (χ1) is 17.4. The van der Waals surface area contributed by atoms with Crippen molar-refractivity contribution in [1.29, 1.82) is 5.26 Å². The zero-order chi connectivity index (χ0) is 25.2. The first-order valence-electron chi connectivity index (χ1n) is 12.2. The van der Waals surface area contributed by atoms with Gasteiger partial charge < -0.3 is 15.2 Å². The van der Waals surface area contributed by atoms with Gasteiger partial charge in [-0.2, -0.15) is 15.0 Å². The molecular weight excluding hydrogens is 456 g/mol. The lowest BCUT2D eigenvalue weighted by Crippen LogP contribution is -2.35. The van der Waals surface area contributed by atoms with Crippen molar-refractivity contribution in [1.82, 2.24) is 30.2 Å². The molecular formula is C26H28N8O2. The summed E-state index contributed by atoms with van der Waals surface area (Å²) in [5, 5.41) is 25.2. The summed E-state index contributed by atoms with van der Waals surface area (Å²) in [4.78, 5) is 20.4. The number of pyridine rings is 2. The van der Waals surface area contributed by atoms with Crippen LogP contribution in [0, 0.1) is 11.3 Å². The maximum Gasteiger partial charge on any atom is 0.217 e. The van der Waals surface area contributed by atoms with Crippen molar-refractivity contribution in [3.63, 3.8) is 0 Å². The highest BCUT2D eigenvalue weighted by Gasteiger charge is 2.26. The van der Waals surface area contributed by atoms with Gasteiger partial charge in [0, 0.05) is 54.8 Å². The van der Waals surface area contributed by atoms with E-state index in [9.17, 15) is 4.79 Å². The van der Waals surface area contributed by atoms with Gasteiger partial charge in [-0.3, -0.25) is 4.79 Å². The van der Waals surface area contributed by atoms with Gasteiger partial charge in [0.2, 0.25) is 5.91 Å². The Balaban J connectivity index is 1.42. The number of nitrogens with zero attached hydrogens (tertiary/aromatic N) is 6. The summed E-state index contributed by atoms with van der Waals surface area (Å²) in [6.45, 7) is 5.70. The van der Waals surface area contributed by atoms with Crippen LogP contribution in [0.2, 0.25) is 0 Å². The van der Waals surface area contributed by atoms with E-state index in [0.29, 0.717) is 28.7 Å². The molecule has 0 aliphatic heterocycles. The van der Waals surface area contributed by atoms with Crippen molar-refractivity contribution in [2.75, 3.05) is 5.32 Å². The fourth-order valence-electron chi connectivity index (χ4n) is 4.77. The smallest absolute Gasteiger partial charge is 0.217 e. The molecule has 2 N–H and O–H groups in total. The average Bonchev–Trinajstić information content (AvgIpc) is 3.51. The molecule has 10 nitrogen and oxygen atoms in total. The highest BCUT2D eigenvalue weighted by atomic mass is 16.5. The Morgan fingerprint density at radius 1 is 1.14 bits per heavy atom. The molecule has 10 heteroatoms. The van der Waals surface area contributed by atoms with Crippen molar-refractivity contribution in [3.05, 3.63) is 48.0 Å². The first-order valence-corrected chi connectivity index (χ1v) is 12.2. The Labute approximate surface area is 208 Å². The average molecular weight is 485 g/mol. The molecule has 4 aromatic heterocycles. The molecule has 1 amide bonds. The number of aromatic nitrogens is 5. The summed E-state index contributed by atoms with van der Waals surface area (Å²) in [5.41, 5.74) is 3.71. The molecule has 0 aromatic carbocycles. The van der Waals surface area contributed by atoms with E-state index in [1.165, 1.54) is 6.20 Å². The molecule has 184 valence electrons. The highest BCUT2D eigenvalue weighted by molar-refractivity contribution is 5.79. The van der Waals surface area contributed by atoms with Crippen LogP contribution in [-0.2, 0) is 4.79 Å². The third kappa shape index (κ3) is 4.77. The molecule has 0 unspecified atom stereocenters. The summed E-state index contributed by atoms with van der Waals surface area (Å²) in [7, 11) is 0. The SMILES string of the molecule is CC(=O)N[C@H]1CC[C@H](c2cc(-c3cnc(-n4ncc5cc(C#N)cnc54)cc3NC(C)C)on2)CC1. The van der Waals surface area contributed by atoms with Gasteiger partial charge in [0.25, 0.3) is 0 Å². The van der Waals surface area contributed by atoms with E-state index < -0.39 is 0 Å². The number of nitrogens with one attached hydrogen (secondary N) is 2. The van der Waals surface area contributed by atoms with Crippen molar-refractivity contribution >= 4 is 22.6 Å². The van der Waals surface area contributed by atoms with Crippen molar-refractivity contribution < 1.29 is 9.32 Å². The van der Waals surface area contributed by atoms with Gasteiger partial charge in [-0.1, -0.05) is 5.16 Å². The highest BCUT2D eigenvalue weighted by Crippen LogP contribution is 2.36. The Kier molecular flexibility index (Phi) is 6.38. The lowest BCUT2D eigenvalue weighted by molar-refractivity contribution is -0.119. The van der Waals surface area contributed by atoms with E-state index in [0.717, 1.165) is 48.0 Å². The quantitative estimate of drug-likeness (QED) is 0.413. The minimum Gasteiger partial charge on any atom is -0.382 e. The second-order valence-electron chi connectivity index (χ2n) is 9.56. The molecule has 0 radical (unpaired) electrons. The van der Waals surface area contributed by atoms with Crippen LogP contribution in [0.3, 0.4) is 0 Å². The van der Waals surface area contributed by atoms with Crippen LogP contribution in [0.1, 0.15) is 63.6 Å². The van der Waals surface area contributed by atoms with Crippen molar-refractivity contribution in [2.45, 2.75) is 64.5 Å². The molecule has 1 saturated carbocycles. The van der Waals surface area contributed by atoms with Crippen LogP contribution in [0.15, 0.2) is 41.3 Å². The molecule has 5 rings (SSSR count). The van der Waals surface area contributed by atoms with Crippen molar-refractivity contribution in [3.8, 4) is 23.2 Å². The monoisotopic (exact) mass is 484 g/mol. The maximum atomic E-state index is 11.4. The number of carbonyl (C=O) groups is 1. The van der Waals surface area contributed by atoms with E-state index in [4.69, 9.17) is 9.78 Å². The predicted molar refractivity (Wildman–Crippen MR) is 134 cm³/mol. The summed E-state index contributed by atoms with van der Waals surface area (Å²) >= 11 is 0. The fourth-order valence-corrected chi connectivity index (χ4v) is 4.77. The number of carbonyl (C=O) groups excluding carboxylic acids is 1. The molecule has 36 heavy (non-hydrogen) atoms. The van der Waals surface area contributed by atoms with Crippen molar-refractivity contribution in [2.24, 2.45) is 0 Å². The topological polar surface area (TPSA) is 135 Å². The Morgan fingerprint density at radius 2 is 1.94 bits per heavy atom. The second kappa shape index (κ2) is 9.77. The number of nitriles is 1. The van der Waals surface area contributed by atoms with E-state index >= 15 is 0 Å². The molecule has 0 bridgehead atoms. The summed E-state index contributed by atoms with van der Waals surface area (Å²) < 4.78 is 7.44. The molecule has 1 fully saturated rings. The van der Waals surface area contributed by atoms with Crippen LogP contribution < -0.4 is 10.6 Å². The standard InChI is InChI=1S/C26H28N8O2/c1-15(2)31-23-10-25(34-26-19(13-30-34)8-17(11-27)12-29-26)28-14-21(23)24-9-22(33-36-24)18-4-6-20(7-5-18)32-16(3)35/h8-10,12-15,18,20H,4-7H2,1-3H3,(H,28,31)(H,32,35)/t18-,20-. The van der Waals surface area contributed by atoms with Crippen LogP contribution in [0.4, 0.5) is 5.69 Å². The summed E-state index contributed by atoms with van der Waals surface area (Å²) in [6, 6.07) is 8.19. The summed E-state index contributed by atoms with van der Waals surface area (Å²) in [6.07, 6.45) is 8.75. The number of hydrogen-bond donors (Lipinski definition) is 2. The third-order valence-corrected chi connectivity index (χ3v) is 6.43. The summed E-state index contributed by atoms with van der Waals surface area (Å²) in [5.74, 6) is 1.58. The maximum absolute atomic E-state index is 11.4. The minimum absolute atomic E-state index is 0.0223. The van der Waals surface area contributed by atoms with E-state index in [1.807, 2.05) is 12.1 Å². The van der Waals surface area contributed by atoms with Gasteiger partial charge in [-0.05, 0) is 45.6 Å². The van der Waals surface area contributed by atoms with Gasteiger partial charge in [-0.25, -0.2) is 9.97 Å². The third-order valence-electron chi connectivity index (χ3n) is 6.43. The fraction of sp³-hybridized carbons (Fsp3) is 0.385. The number of amides is 1. The molecule has 1 aliphatic carbocycles. The Hall–Kier alpha value is -4.26. The van der Waals surface area contributed by atoms with Gasteiger partial charge >= 0.3 is 0 Å². The molecule has 0 saturated heterocycles. The largest absolute Gasteiger partial charge is 0.382 e. The normalized spacial score (nSPS) is 17.8. The molecule has 4 aromatic rings. The Morgan fingerprint density at radius 3 is 2.67 bits per heavy atom. The number of fused-ring (bicyclic) bond motifs is 1. The molecule has 1 aliphatic rings. The Bertz CT molecular complexity index is 1440. The first kappa shape index (κ1) is 23.5. The zero-order valence-corrected chi connectivity index (χ0v) is 20.5. The van der Waals surface area contributed by atoms with Crippen LogP contribution >= 0.6 is 0 Å². The lowest BCUT2D eigenvalue weighted by Gasteiger charge is -2.27. The molecule has 0 atom stereocenters. The number of hydrogen-bond acceptors (Lipinski definition) is 8. The van der Waals surface area contributed by atoms with Gasteiger partial charge in [-0.15, -0.1) is 0 Å².